The maximum absolute atomic E-state index is 10.9. The van der Waals surface area contributed by atoms with Gasteiger partial charge in [-0.05, 0) is 23.6 Å². The van der Waals surface area contributed by atoms with Gasteiger partial charge in [-0.25, -0.2) is 0 Å². The summed E-state index contributed by atoms with van der Waals surface area (Å²) in [5.74, 6) is 0. The van der Waals surface area contributed by atoms with Gasteiger partial charge in [0.15, 0.2) is 0 Å². The van der Waals surface area contributed by atoms with Gasteiger partial charge in [0.25, 0.3) is 5.69 Å². The lowest BCUT2D eigenvalue weighted by Crippen LogP contribution is -2.33. The molecule has 2 aromatic rings. The van der Waals surface area contributed by atoms with Gasteiger partial charge in [0, 0.05) is 25.7 Å². The molecule has 0 aliphatic carbocycles. The Labute approximate surface area is 134 Å². The Kier molecular flexibility index (Phi) is 4.85. The molecule has 0 radical (unpaired) electrons. The molecule has 2 aromatic carbocycles. The van der Waals surface area contributed by atoms with E-state index in [9.17, 15) is 10.1 Å². The zero-order chi connectivity index (χ0) is 16.1. The summed E-state index contributed by atoms with van der Waals surface area (Å²) in [4.78, 5) is 18.2. The van der Waals surface area contributed by atoms with Crippen LogP contribution in [0.4, 0.5) is 11.4 Å². The highest BCUT2D eigenvalue weighted by molar-refractivity contribution is 5.59. The maximum Gasteiger partial charge on any atom is 0.294 e. The quantitative estimate of drug-likeness (QED) is 0.504. The second kappa shape index (κ2) is 7.21. The van der Waals surface area contributed by atoms with Crippen molar-refractivity contribution < 1.29 is 9.76 Å². The van der Waals surface area contributed by atoms with Crippen molar-refractivity contribution in [2.24, 2.45) is 0 Å². The highest BCUT2D eigenvalue weighted by atomic mass is 16.6. The number of benzene rings is 2. The zero-order valence-electron chi connectivity index (χ0n) is 12.8. The molecule has 0 spiro atoms. The minimum absolute atomic E-state index is 0.0133. The first kappa shape index (κ1) is 15.5. The van der Waals surface area contributed by atoms with Crippen LogP contribution in [0.25, 0.3) is 0 Å². The minimum Gasteiger partial charge on any atom is -0.296 e. The normalized spacial score (nSPS) is 14.3. The summed E-state index contributed by atoms with van der Waals surface area (Å²) in [5, 5.41) is 10.9. The smallest absolute Gasteiger partial charge is 0.294 e. The molecule has 6 nitrogen and oxygen atoms in total. The van der Waals surface area contributed by atoms with E-state index < -0.39 is 4.92 Å². The fraction of sp³-hybridized carbons (Fsp3) is 0.294. The van der Waals surface area contributed by atoms with Crippen LogP contribution in [0.1, 0.15) is 11.1 Å². The van der Waals surface area contributed by atoms with Crippen LogP contribution in [-0.2, 0) is 17.8 Å². The van der Waals surface area contributed by atoms with Gasteiger partial charge in [-0.1, -0.05) is 36.4 Å². The number of anilines is 1. The molecule has 0 saturated heterocycles. The van der Waals surface area contributed by atoms with E-state index in [0.29, 0.717) is 12.3 Å². The average molecular weight is 313 g/mol. The van der Waals surface area contributed by atoms with Gasteiger partial charge in [0.1, 0.15) is 5.69 Å². The number of para-hydroxylation sites is 2. The average Bonchev–Trinajstić information content (AvgIpc) is 2.59. The Hall–Kier alpha value is -2.44. The van der Waals surface area contributed by atoms with Crippen molar-refractivity contribution in [1.29, 1.82) is 0 Å². The van der Waals surface area contributed by atoms with Crippen LogP contribution in [0.15, 0.2) is 48.5 Å². The third-order valence-electron chi connectivity index (χ3n) is 4.00. The van der Waals surface area contributed by atoms with Crippen molar-refractivity contribution in [3.63, 3.8) is 0 Å². The van der Waals surface area contributed by atoms with Crippen molar-refractivity contribution in [2.45, 2.75) is 13.0 Å². The predicted molar refractivity (Wildman–Crippen MR) is 88.1 cm³/mol. The monoisotopic (exact) mass is 313 g/mol. The van der Waals surface area contributed by atoms with Crippen LogP contribution >= 0.6 is 0 Å². The molecule has 0 amide bonds. The molecule has 6 heteroatoms. The summed E-state index contributed by atoms with van der Waals surface area (Å²) >= 11 is 0. The molecule has 3 rings (SSSR count). The number of nitrogens with one attached hydrogen (secondary N) is 1. The molecule has 120 valence electrons. The van der Waals surface area contributed by atoms with Crippen molar-refractivity contribution in [2.75, 3.05) is 25.2 Å². The van der Waals surface area contributed by atoms with Gasteiger partial charge in [-0.3, -0.25) is 25.3 Å². The number of hydrogen-bond donors (Lipinski definition) is 1. The maximum atomic E-state index is 10.9. The number of hydrogen-bond acceptors (Lipinski definition) is 5. The summed E-state index contributed by atoms with van der Waals surface area (Å²) in [6, 6.07) is 14.9. The Morgan fingerprint density at radius 2 is 1.87 bits per heavy atom. The first-order valence-electron chi connectivity index (χ1n) is 7.64. The second-order valence-corrected chi connectivity index (χ2v) is 5.52. The van der Waals surface area contributed by atoms with Gasteiger partial charge in [0.05, 0.1) is 11.5 Å². The Morgan fingerprint density at radius 3 is 2.70 bits per heavy atom. The number of nitrogens with zero attached hydrogens (tertiary/aromatic N) is 2. The van der Waals surface area contributed by atoms with Crippen molar-refractivity contribution in [1.82, 2.24) is 4.90 Å². The molecule has 0 unspecified atom stereocenters. The van der Waals surface area contributed by atoms with Crippen molar-refractivity contribution in [3.8, 4) is 0 Å². The van der Waals surface area contributed by atoms with Gasteiger partial charge in [-0.15, -0.1) is 0 Å². The third kappa shape index (κ3) is 3.85. The zero-order valence-corrected chi connectivity index (χ0v) is 12.8. The fourth-order valence-electron chi connectivity index (χ4n) is 2.77. The summed E-state index contributed by atoms with van der Waals surface area (Å²) in [6.45, 7) is 3.17. The summed E-state index contributed by atoms with van der Waals surface area (Å²) in [7, 11) is 0. The van der Waals surface area contributed by atoms with Crippen LogP contribution in [0.5, 0.6) is 0 Å². The summed E-state index contributed by atoms with van der Waals surface area (Å²) < 4.78 is 0. The molecule has 1 aliphatic heterocycles. The number of nitro groups is 1. The largest absolute Gasteiger partial charge is 0.296 e. The fourth-order valence-corrected chi connectivity index (χ4v) is 2.77. The highest BCUT2D eigenvalue weighted by Gasteiger charge is 2.16. The lowest BCUT2D eigenvalue weighted by atomic mass is 10.0. The molecule has 0 aromatic heterocycles. The molecule has 1 N–H and O–H groups in total. The van der Waals surface area contributed by atoms with Crippen LogP contribution in [0.2, 0.25) is 0 Å². The molecular formula is C17H19N3O3. The van der Waals surface area contributed by atoms with Crippen LogP contribution < -0.4 is 5.48 Å². The number of rotatable bonds is 6. The molecule has 0 atom stereocenters. The van der Waals surface area contributed by atoms with E-state index in [-0.39, 0.29) is 5.69 Å². The Bertz CT molecular complexity index is 690. The topological polar surface area (TPSA) is 67.6 Å². The summed E-state index contributed by atoms with van der Waals surface area (Å²) in [6.07, 6.45) is 1.05. The van der Waals surface area contributed by atoms with Gasteiger partial charge in [-0.2, -0.15) is 0 Å². The number of nitro benzene ring substituents is 1. The molecule has 1 aliphatic rings. The predicted octanol–water partition coefficient (Wildman–Crippen LogP) is 3.00. The summed E-state index contributed by atoms with van der Waals surface area (Å²) in [5.41, 5.74) is 5.86. The van der Waals surface area contributed by atoms with E-state index in [1.54, 1.807) is 18.2 Å². The SMILES string of the molecule is O=[N+]([O-])c1ccccc1NOCCN1CCc2ccccc2C1. The molecule has 0 bridgehead atoms. The third-order valence-corrected chi connectivity index (χ3v) is 4.00. The van der Waals surface area contributed by atoms with E-state index in [2.05, 4.69) is 34.6 Å². The van der Waals surface area contributed by atoms with E-state index in [0.717, 1.165) is 26.1 Å². The van der Waals surface area contributed by atoms with E-state index in [1.165, 1.54) is 17.2 Å². The van der Waals surface area contributed by atoms with Crippen LogP contribution in [0.3, 0.4) is 0 Å². The molecular weight excluding hydrogens is 294 g/mol. The van der Waals surface area contributed by atoms with Gasteiger partial charge < -0.3 is 0 Å². The highest BCUT2D eigenvalue weighted by Crippen LogP contribution is 2.23. The molecule has 23 heavy (non-hydrogen) atoms. The second-order valence-electron chi connectivity index (χ2n) is 5.52. The molecule has 0 saturated carbocycles. The van der Waals surface area contributed by atoms with Gasteiger partial charge in [0.2, 0.25) is 0 Å². The van der Waals surface area contributed by atoms with Crippen molar-refractivity contribution >= 4 is 11.4 Å². The first-order chi connectivity index (χ1) is 11.2. The van der Waals surface area contributed by atoms with E-state index in [4.69, 9.17) is 4.84 Å². The minimum atomic E-state index is -0.423. The Balaban J connectivity index is 1.47. The lowest BCUT2D eigenvalue weighted by Gasteiger charge is -2.28. The molecule has 0 fully saturated rings. The lowest BCUT2D eigenvalue weighted by molar-refractivity contribution is -0.384. The standard InChI is InChI=1S/C17H19N3O3/c21-20(22)17-8-4-3-7-16(17)18-23-12-11-19-10-9-14-5-1-2-6-15(14)13-19/h1-8,18H,9-13H2. The van der Waals surface area contributed by atoms with Crippen LogP contribution in [0, 0.1) is 10.1 Å². The number of fused-ring (bicyclic) bond motifs is 1. The molecule has 1 heterocycles. The Morgan fingerprint density at radius 1 is 1.13 bits per heavy atom. The van der Waals surface area contributed by atoms with Crippen LogP contribution in [-0.4, -0.2) is 29.5 Å². The van der Waals surface area contributed by atoms with E-state index in [1.807, 2.05) is 0 Å². The van der Waals surface area contributed by atoms with E-state index >= 15 is 0 Å². The van der Waals surface area contributed by atoms with Gasteiger partial charge >= 0.3 is 0 Å². The van der Waals surface area contributed by atoms with Crippen molar-refractivity contribution in [3.05, 3.63) is 69.8 Å². The first-order valence-corrected chi connectivity index (χ1v) is 7.64.